The van der Waals surface area contributed by atoms with Gasteiger partial charge in [0.2, 0.25) is 0 Å². The van der Waals surface area contributed by atoms with Crippen LogP contribution in [-0.2, 0) is 4.74 Å². The highest BCUT2D eigenvalue weighted by molar-refractivity contribution is 6.17. The predicted molar refractivity (Wildman–Crippen MR) is 70.6 cm³/mol. The summed E-state index contributed by atoms with van der Waals surface area (Å²) in [6, 6.07) is 8.79. The Kier molecular flexibility index (Phi) is 3.39. The molecular weight excluding hydrogens is 232 g/mol. The van der Waals surface area contributed by atoms with Crippen molar-refractivity contribution in [1.82, 2.24) is 0 Å². The summed E-state index contributed by atoms with van der Waals surface area (Å²) >= 11 is 5.90. The second-order valence-electron chi connectivity index (χ2n) is 5.16. The molecule has 0 N–H and O–H groups in total. The lowest BCUT2D eigenvalue weighted by Gasteiger charge is -2.41. The fourth-order valence-corrected chi connectivity index (χ4v) is 3.56. The lowest BCUT2D eigenvalue weighted by Crippen LogP contribution is -2.33. The maximum Gasteiger partial charge on any atom is 0.0843 e. The molecule has 1 aliphatic heterocycles. The van der Waals surface area contributed by atoms with E-state index in [9.17, 15) is 0 Å². The van der Waals surface area contributed by atoms with E-state index < -0.39 is 0 Å². The number of hydrogen-bond acceptors (Lipinski definition) is 1. The van der Waals surface area contributed by atoms with Crippen molar-refractivity contribution in [1.29, 1.82) is 0 Å². The molecule has 0 saturated heterocycles. The molecule has 3 unspecified atom stereocenters. The molecule has 0 amide bonds. The van der Waals surface area contributed by atoms with Gasteiger partial charge in [0, 0.05) is 11.8 Å². The van der Waals surface area contributed by atoms with Crippen molar-refractivity contribution >= 4 is 11.6 Å². The minimum absolute atomic E-state index is 0.225. The number of halogens is 1. The predicted octanol–water partition coefficient (Wildman–Crippen LogP) is 4.41. The van der Waals surface area contributed by atoms with Crippen molar-refractivity contribution in [3.8, 4) is 0 Å². The van der Waals surface area contributed by atoms with Crippen molar-refractivity contribution in [2.75, 3.05) is 5.88 Å². The molecule has 0 bridgehead atoms. The number of alkyl halides is 1. The fraction of sp³-hybridized carbons (Fsp3) is 0.600. The average Bonchev–Trinajstić information content (AvgIpc) is 2.39. The summed E-state index contributed by atoms with van der Waals surface area (Å²) in [6.07, 6.45) is 6.76. The Morgan fingerprint density at radius 2 is 1.88 bits per heavy atom. The maximum atomic E-state index is 6.27. The highest BCUT2D eigenvalue weighted by atomic mass is 35.5. The Bertz CT molecular complexity index is 390. The van der Waals surface area contributed by atoms with E-state index in [-0.39, 0.29) is 6.10 Å². The molecule has 1 aromatic rings. The van der Waals surface area contributed by atoms with Crippen molar-refractivity contribution in [3.05, 3.63) is 35.4 Å². The van der Waals surface area contributed by atoms with Crippen LogP contribution in [0, 0.1) is 0 Å². The third kappa shape index (κ3) is 2.11. The van der Waals surface area contributed by atoms with Gasteiger partial charge in [-0.1, -0.05) is 37.1 Å². The van der Waals surface area contributed by atoms with E-state index in [4.69, 9.17) is 16.3 Å². The first-order valence-corrected chi connectivity index (χ1v) is 7.24. The molecule has 0 spiro atoms. The molecular formula is C15H19ClO. The second kappa shape index (κ2) is 4.99. The molecule has 1 aromatic carbocycles. The van der Waals surface area contributed by atoms with Gasteiger partial charge in [0.1, 0.15) is 0 Å². The van der Waals surface area contributed by atoms with Gasteiger partial charge in [-0.25, -0.2) is 0 Å². The summed E-state index contributed by atoms with van der Waals surface area (Å²) in [5.74, 6) is 1.31. The van der Waals surface area contributed by atoms with Crippen LogP contribution in [0.2, 0.25) is 0 Å². The van der Waals surface area contributed by atoms with Crippen LogP contribution in [0.5, 0.6) is 0 Å². The first-order chi connectivity index (χ1) is 8.40. The molecule has 0 radical (unpaired) electrons. The number of benzene rings is 1. The Labute approximate surface area is 108 Å². The zero-order chi connectivity index (χ0) is 11.7. The highest BCUT2D eigenvalue weighted by Crippen LogP contribution is 2.45. The number of rotatable bonds is 2. The molecule has 0 aromatic heterocycles. The van der Waals surface area contributed by atoms with Gasteiger partial charge >= 0.3 is 0 Å². The average molecular weight is 251 g/mol. The molecule has 3 rings (SSSR count). The van der Waals surface area contributed by atoms with Crippen molar-refractivity contribution < 1.29 is 4.74 Å². The molecule has 2 heteroatoms. The minimum atomic E-state index is 0.225. The van der Waals surface area contributed by atoms with E-state index >= 15 is 0 Å². The number of fused-ring (bicyclic) bond motifs is 3. The summed E-state index contributed by atoms with van der Waals surface area (Å²) in [4.78, 5) is 0. The van der Waals surface area contributed by atoms with Crippen LogP contribution in [0.15, 0.2) is 24.3 Å². The third-order valence-electron chi connectivity index (χ3n) is 4.16. The quantitative estimate of drug-likeness (QED) is 0.707. The molecule has 17 heavy (non-hydrogen) atoms. The normalized spacial score (nSPS) is 31.7. The van der Waals surface area contributed by atoms with E-state index in [0.29, 0.717) is 17.9 Å². The molecule has 1 aliphatic carbocycles. The summed E-state index contributed by atoms with van der Waals surface area (Å²) < 4.78 is 6.27. The van der Waals surface area contributed by atoms with Gasteiger partial charge in [0.15, 0.2) is 0 Å². The summed E-state index contributed by atoms with van der Waals surface area (Å²) in [5, 5.41) is 0. The van der Waals surface area contributed by atoms with Gasteiger partial charge in [-0.3, -0.25) is 0 Å². The fourth-order valence-electron chi connectivity index (χ4n) is 3.36. The van der Waals surface area contributed by atoms with Crippen LogP contribution in [0.4, 0.5) is 0 Å². The number of ether oxygens (including phenoxy) is 1. The molecule has 3 atom stereocenters. The van der Waals surface area contributed by atoms with Crippen molar-refractivity contribution in [2.45, 2.75) is 50.2 Å². The van der Waals surface area contributed by atoms with Gasteiger partial charge in [-0.05, 0) is 30.4 Å². The van der Waals surface area contributed by atoms with E-state index in [1.807, 2.05) is 0 Å². The summed E-state index contributed by atoms with van der Waals surface area (Å²) in [5.41, 5.74) is 2.91. The smallest absolute Gasteiger partial charge is 0.0843 e. The summed E-state index contributed by atoms with van der Waals surface area (Å²) in [7, 11) is 0. The van der Waals surface area contributed by atoms with Gasteiger partial charge in [-0.15, -0.1) is 11.6 Å². The van der Waals surface area contributed by atoms with Gasteiger partial charge in [-0.2, -0.15) is 0 Å². The van der Waals surface area contributed by atoms with E-state index in [0.717, 1.165) is 6.42 Å². The molecule has 1 nitrogen and oxygen atoms in total. The molecule has 1 fully saturated rings. The minimum Gasteiger partial charge on any atom is -0.370 e. The van der Waals surface area contributed by atoms with Crippen LogP contribution < -0.4 is 0 Å². The van der Waals surface area contributed by atoms with Gasteiger partial charge in [0.05, 0.1) is 12.2 Å². The lowest BCUT2D eigenvalue weighted by molar-refractivity contribution is -0.0583. The van der Waals surface area contributed by atoms with Crippen LogP contribution >= 0.6 is 11.6 Å². The SMILES string of the molecule is ClCCC1OC2CCCCC2c2ccccc21. The largest absolute Gasteiger partial charge is 0.370 e. The maximum absolute atomic E-state index is 6.27. The molecule has 1 heterocycles. The molecule has 2 aliphatic rings. The van der Waals surface area contributed by atoms with Crippen molar-refractivity contribution in [2.24, 2.45) is 0 Å². The Balaban J connectivity index is 1.96. The molecule has 1 saturated carbocycles. The Morgan fingerprint density at radius 3 is 2.71 bits per heavy atom. The van der Waals surface area contributed by atoms with E-state index in [2.05, 4.69) is 24.3 Å². The van der Waals surface area contributed by atoms with E-state index in [1.54, 1.807) is 0 Å². The zero-order valence-corrected chi connectivity index (χ0v) is 10.8. The van der Waals surface area contributed by atoms with E-state index in [1.165, 1.54) is 36.8 Å². The Hall–Kier alpha value is -0.530. The molecule has 92 valence electrons. The zero-order valence-electron chi connectivity index (χ0n) is 10.1. The third-order valence-corrected chi connectivity index (χ3v) is 4.37. The topological polar surface area (TPSA) is 9.23 Å². The number of hydrogen-bond donors (Lipinski definition) is 0. The first kappa shape index (κ1) is 11.6. The van der Waals surface area contributed by atoms with Crippen molar-refractivity contribution in [3.63, 3.8) is 0 Å². The highest BCUT2D eigenvalue weighted by Gasteiger charge is 2.36. The Morgan fingerprint density at radius 1 is 1.12 bits per heavy atom. The van der Waals surface area contributed by atoms with Crippen LogP contribution in [0.3, 0.4) is 0 Å². The van der Waals surface area contributed by atoms with Crippen LogP contribution in [0.1, 0.15) is 55.3 Å². The van der Waals surface area contributed by atoms with Gasteiger partial charge in [0.25, 0.3) is 0 Å². The second-order valence-corrected chi connectivity index (χ2v) is 5.54. The van der Waals surface area contributed by atoms with Crippen LogP contribution in [0.25, 0.3) is 0 Å². The monoisotopic (exact) mass is 250 g/mol. The van der Waals surface area contributed by atoms with Crippen LogP contribution in [-0.4, -0.2) is 12.0 Å². The first-order valence-electron chi connectivity index (χ1n) is 6.70. The van der Waals surface area contributed by atoms with Gasteiger partial charge < -0.3 is 4.74 Å². The lowest BCUT2D eigenvalue weighted by atomic mass is 9.76. The summed E-state index contributed by atoms with van der Waals surface area (Å²) in [6.45, 7) is 0. The standard InChI is InChI=1S/C15H19ClO/c16-10-9-15-13-6-2-1-5-11(13)12-7-3-4-8-14(12)17-15/h1-2,5-6,12,14-15H,3-4,7-10H2.